The molecule has 0 spiro atoms. The van der Waals surface area contributed by atoms with Crippen molar-refractivity contribution in [3.63, 3.8) is 0 Å². The number of urea groups is 1. The molecule has 1 aliphatic carbocycles. The first-order valence-corrected chi connectivity index (χ1v) is 10.4. The third-order valence-electron chi connectivity index (χ3n) is 5.81. The molecule has 4 rings (SSSR count). The number of nitrogens with one attached hydrogen (secondary N) is 1. The Labute approximate surface area is 183 Å². The number of nitrogens with zero attached hydrogens (tertiary/aromatic N) is 3. The number of alkyl halides is 6. The molecule has 1 N–H and O–H groups in total. The van der Waals surface area contributed by atoms with E-state index in [2.05, 4.69) is 25.0 Å². The highest BCUT2D eigenvalue weighted by molar-refractivity contribution is 5.74. The SMILES string of the molecule is O=C(N[C@@H]1CCC(c2nnc(C3CC(OC(F)(F)F)C3)o2)OC1)N1CCC(OC(F)(F)F)C1. The lowest BCUT2D eigenvalue weighted by atomic mass is 9.82. The molecule has 3 heterocycles. The summed E-state index contributed by atoms with van der Waals surface area (Å²) in [7, 11) is 0. The topological polar surface area (TPSA) is 99.0 Å². The van der Waals surface area contributed by atoms with Gasteiger partial charge in [-0.3, -0.25) is 9.47 Å². The zero-order chi connectivity index (χ0) is 23.8. The lowest BCUT2D eigenvalue weighted by Crippen LogP contribution is -2.47. The molecule has 186 valence electrons. The van der Waals surface area contributed by atoms with E-state index in [-0.39, 0.29) is 62.7 Å². The van der Waals surface area contributed by atoms with Gasteiger partial charge in [-0.25, -0.2) is 4.79 Å². The van der Waals surface area contributed by atoms with Crippen LogP contribution in [0.2, 0.25) is 0 Å². The van der Waals surface area contributed by atoms with Gasteiger partial charge in [0.2, 0.25) is 11.8 Å². The Hall–Kier alpha value is -2.13. The number of amides is 2. The van der Waals surface area contributed by atoms with Crippen molar-refractivity contribution >= 4 is 6.03 Å². The molecular weight excluding hydrogens is 466 g/mol. The number of hydrogen-bond donors (Lipinski definition) is 1. The largest absolute Gasteiger partial charge is 0.522 e. The molecule has 2 amide bonds. The van der Waals surface area contributed by atoms with E-state index in [4.69, 9.17) is 9.15 Å². The maximum Gasteiger partial charge on any atom is 0.522 e. The van der Waals surface area contributed by atoms with Gasteiger partial charge in [-0.05, 0) is 32.1 Å². The van der Waals surface area contributed by atoms with Gasteiger partial charge in [0.1, 0.15) is 6.10 Å². The first kappa shape index (κ1) is 24.0. The van der Waals surface area contributed by atoms with E-state index in [1.165, 1.54) is 4.90 Å². The van der Waals surface area contributed by atoms with Crippen LogP contribution in [0.4, 0.5) is 31.1 Å². The average molecular weight is 488 g/mol. The summed E-state index contributed by atoms with van der Waals surface area (Å²) in [6.45, 7) is 0.140. The van der Waals surface area contributed by atoms with Crippen LogP contribution in [-0.2, 0) is 14.2 Å². The van der Waals surface area contributed by atoms with Crippen LogP contribution in [0.1, 0.15) is 55.9 Å². The minimum Gasteiger partial charge on any atom is -0.422 e. The molecule has 0 aromatic carbocycles. The van der Waals surface area contributed by atoms with Gasteiger partial charge in [0, 0.05) is 19.0 Å². The summed E-state index contributed by atoms with van der Waals surface area (Å²) in [6, 6.07) is -0.832. The minimum atomic E-state index is -4.74. The number of hydrogen-bond acceptors (Lipinski definition) is 7. The molecule has 2 unspecified atom stereocenters. The third kappa shape index (κ3) is 6.47. The summed E-state index contributed by atoms with van der Waals surface area (Å²) >= 11 is 0. The molecule has 2 saturated heterocycles. The van der Waals surface area contributed by atoms with Crippen LogP contribution >= 0.6 is 0 Å². The Bertz CT molecular complexity index is 820. The second-order valence-corrected chi connectivity index (χ2v) is 8.30. The number of carbonyl (C=O) groups excluding carboxylic acids is 1. The van der Waals surface area contributed by atoms with Crippen molar-refractivity contribution in [1.82, 2.24) is 20.4 Å². The van der Waals surface area contributed by atoms with Crippen LogP contribution in [0.5, 0.6) is 0 Å². The van der Waals surface area contributed by atoms with E-state index in [1.54, 1.807) is 0 Å². The van der Waals surface area contributed by atoms with Crippen LogP contribution in [0.25, 0.3) is 0 Å². The van der Waals surface area contributed by atoms with E-state index in [0.717, 1.165) is 0 Å². The zero-order valence-corrected chi connectivity index (χ0v) is 17.2. The summed E-state index contributed by atoms with van der Waals surface area (Å²) in [5.74, 6) is 0.136. The number of ether oxygens (including phenoxy) is 3. The van der Waals surface area contributed by atoms with Crippen molar-refractivity contribution in [3.05, 3.63) is 11.8 Å². The molecule has 3 atom stereocenters. The molecule has 1 aromatic rings. The highest BCUT2D eigenvalue weighted by atomic mass is 19.4. The number of carbonyl (C=O) groups is 1. The fraction of sp³-hybridized carbons (Fsp3) is 0.833. The van der Waals surface area contributed by atoms with E-state index in [9.17, 15) is 31.1 Å². The highest BCUT2D eigenvalue weighted by Crippen LogP contribution is 2.41. The lowest BCUT2D eigenvalue weighted by Gasteiger charge is -2.33. The van der Waals surface area contributed by atoms with Crippen LogP contribution in [0, 0.1) is 0 Å². The van der Waals surface area contributed by atoms with Gasteiger partial charge < -0.3 is 19.4 Å². The Morgan fingerprint density at radius 2 is 1.64 bits per heavy atom. The molecule has 0 radical (unpaired) electrons. The minimum absolute atomic E-state index is 0.0970. The van der Waals surface area contributed by atoms with Gasteiger partial charge in [-0.1, -0.05) is 0 Å². The normalized spacial score (nSPS) is 30.8. The Kier molecular flexibility index (Phi) is 6.73. The maximum absolute atomic E-state index is 12.3. The van der Waals surface area contributed by atoms with Crippen molar-refractivity contribution in [2.75, 3.05) is 19.7 Å². The fourth-order valence-corrected chi connectivity index (χ4v) is 4.12. The third-order valence-corrected chi connectivity index (χ3v) is 5.81. The van der Waals surface area contributed by atoms with Crippen molar-refractivity contribution in [2.24, 2.45) is 0 Å². The van der Waals surface area contributed by atoms with E-state index in [0.29, 0.717) is 12.8 Å². The van der Waals surface area contributed by atoms with Crippen LogP contribution < -0.4 is 5.32 Å². The molecule has 3 aliphatic rings. The van der Waals surface area contributed by atoms with E-state index < -0.39 is 37.1 Å². The molecular formula is C18H22F6N4O5. The highest BCUT2D eigenvalue weighted by Gasteiger charge is 2.43. The summed E-state index contributed by atoms with van der Waals surface area (Å²) in [5, 5.41) is 10.6. The predicted octanol–water partition coefficient (Wildman–Crippen LogP) is 3.39. The Balaban J connectivity index is 1.18. The average Bonchev–Trinajstić information content (AvgIpc) is 3.33. The standard InChI is InChI=1S/C18H22F6N4O5/c19-17(20,21)32-11-3-4-28(7-11)16(29)25-10-1-2-13(30-8-10)15-27-26-14(31-15)9-5-12(6-9)33-18(22,23)24/h9-13H,1-8H2,(H,25,29)/t9?,10-,11?,12?,13?/m1/s1. The van der Waals surface area contributed by atoms with Gasteiger partial charge >= 0.3 is 18.8 Å². The van der Waals surface area contributed by atoms with Crippen LogP contribution in [0.15, 0.2) is 4.42 Å². The molecule has 1 aromatic heterocycles. The smallest absolute Gasteiger partial charge is 0.422 e. The lowest BCUT2D eigenvalue weighted by molar-refractivity contribution is -0.352. The van der Waals surface area contributed by atoms with Crippen molar-refractivity contribution in [3.8, 4) is 0 Å². The summed E-state index contributed by atoms with van der Waals surface area (Å²) in [5.41, 5.74) is 0. The van der Waals surface area contributed by atoms with Crippen molar-refractivity contribution < 1.29 is 49.8 Å². The van der Waals surface area contributed by atoms with E-state index >= 15 is 0 Å². The first-order valence-electron chi connectivity index (χ1n) is 10.4. The number of likely N-dealkylation sites (tertiary alicyclic amines) is 1. The molecule has 9 nitrogen and oxygen atoms in total. The number of halogens is 6. The second-order valence-electron chi connectivity index (χ2n) is 8.30. The van der Waals surface area contributed by atoms with Crippen LogP contribution in [-0.4, -0.2) is 71.8 Å². The number of rotatable bonds is 5. The monoisotopic (exact) mass is 488 g/mol. The second kappa shape index (κ2) is 9.25. The van der Waals surface area contributed by atoms with Crippen molar-refractivity contribution in [1.29, 1.82) is 0 Å². The van der Waals surface area contributed by atoms with Gasteiger partial charge in [-0.2, -0.15) is 0 Å². The molecule has 2 aliphatic heterocycles. The quantitative estimate of drug-likeness (QED) is 0.635. The van der Waals surface area contributed by atoms with Gasteiger partial charge in [0.25, 0.3) is 0 Å². The van der Waals surface area contributed by atoms with Crippen LogP contribution in [0.3, 0.4) is 0 Å². The zero-order valence-electron chi connectivity index (χ0n) is 17.2. The van der Waals surface area contributed by atoms with Crippen molar-refractivity contribution in [2.45, 2.75) is 75.1 Å². The molecule has 15 heteroatoms. The number of aromatic nitrogens is 2. The summed E-state index contributed by atoms with van der Waals surface area (Å²) in [6.07, 6.45) is -10.6. The van der Waals surface area contributed by atoms with Gasteiger partial charge in [0.15, 0.2) is 0 Å². The summed E-state index contributed by atoms with van der Waals surface area (Å²) < 4.78 is 92.7. The Morgan fingerprint density at radius 1 is 0.970 bits per heavy atom. The fourth-order valence-electron chi connectivity index (χ4n) is 4.12. The van der Waals surface area contributed by atoms with Gasteiger partial charge in [0.05, 0.1) is 24.9 Å². The molecule has 0 bridgehead atoms. The predicted molar refractivity (Wildman–Crippen MR) is 94.6 cm³/mol. The van der Waals surface area contributed by atoms with Gasteiger partial charge in [-0.15, -0.1) is 36.5 Å². The van der Waals surface area contributed by atoms with E-state index in [1.807, 2.05) is 0 Å². The summed E-state index contributed by atoms with van der Waals surface area (Å²) in [4.78, 5) is 13.6. The first-order chi connectivity index (χ1) is 15.4. The molecule has 33 heavy (non-hydrogen) atoms. The molecule has 1 saturated carbocycles. The molecule has 3 fully saturated rings. The Morgan fingerprint density at radius 3 is 2.27 bits per heavy atom. The maximum atomic E-state index is 12.3.